The van der Waals surface area contributed by atoms with Crippen molar-refractivity contribution in [2.75, 3.05) is 7.11 Å². The van der Waals surface area contributed by atoms with Crippen LogP contribution in [-0.4, -0.2) is 27.1 Å². The quantitative estimate of drug-likeness (QED) is 0.616. The highest BCUT2D eigenvalue weighted by atomic mass is 16.5. The number of fused-ring (bicyclic) bond motifs is 1. The van der Waals surface area contributed by atoms with Gasteiger partial charge >= 0.3 is 0 Å². The van der Waals surface area contributed by atoms with Gasteiger partial charge in [0.05, 0.1) is 18.3 Å². The predicted molar refractivity (Wildman–Crippen MR) is 95.0 cm³/mol. The lowest BCUT2D eigenvalue weighted by atomic mass is 10.0. The largest absolute Gasteiger partial charge is 0.497 e. The zero-order chi connectivity index (χ0) is 16.5. The molecule has 2 heterocycles. The van der Waals surface area contributed by atoms with Crippen molar-refractivity contribution in [2.24, 2.45) is 0 Å². The third-order valence-corrected chi connectivity index (χ3v) is 4.31. The summed E-state index contributed by atoms with van der Waals surface area (Å²) in [5.41, 5.74) is 5.07. The Hall–Kier alpha value is -3.08. The number of benzene rings is 2. The zero-order valence-electron chi connectivity index (χ0n) is 13.7. The summed E-state index contributed by atoms with van der Waals surface area (Å²) in [7, 11) is 1.66. The van der Waals surface area contributed by atoms with E-state index in [1.165, 1.54) is 10.9 Å². The number of aromatic nitrogens is 4. The Bertz CT molecular complexity index is 982. The number of H-pyrrole nitrogens is 1. The molecule has 24 heavy (non-hydrogen) atoms. The van der Waals surface area contributed by atoms with E-state index in [-0.39, 0.29) is 0 Å². The number of rotatable bonds is 4. The second-order valence-corrected chi connectivity index (χ2v) is 5.61. The first kappa shape index (κ1) is 14.5. The molecule has 0 aliphatic rings. The highest BCUT2D eigenvalue weighted by molar-refractivity contribution is 5.96. The lowest BCUT2D eigenvalue weighted by Gasteiger charge is -2.08. The topological polar surface area (TPSA) is 55.7 Å². The third kappa shape index (κ3) is 2.25. The Morgan fingerprint density at radius 1 is 1.08 bits per heavy atom. The van der Waals surface area contributed by atoms with E-state index >= 15 is 0 Å². The number of nitrogens with one attached hydrogen (secondary N) is 1. The van der Waals surface area contributed by atoms with Crippen molar-refractivity contribution in [1.82, 2.24) is 20.0 Å². The van der Waals surface area contributed by atoms with Gasteiger partial charge in [0.15, 0.2) is 0 Å². The maximum absolute atomic E-state index is 5.23. The van der Waals surface area contributed by atoms with Crippen molar-refractivity contribution < 1.29 is 4.74 Å². The van der Waals surface area contributed by atoms with Crippen LogP contribution >= 0.6 is 0 Å². The monoisotopic (exact) mass is 318 g/mol. The molecule has 5 heteroatoms. The van der Waals surface area contributed by atoms with E-state index in [2.05, 4.69) is 57.4 Å². The molecule has 2 aromatic heterocycles. The number of hydrogen-bond acceptors (Lipinski definition) is 3. The number of hydrogen-bond donors (Lipinski definition) is 1. The maximum atomic E-state index is 5.23. The van der Waals surface area contributed by atoms with E-state index in [1.54, 1.807) is 7.11 Å². The van der Waals surface area contributed by atoms with Crippen LogP contribution in [0.25, 0.3) is 33.4 Å². The third-order valence-electron chi connectivity index (χ3n) is 4.31. The molecule has 0 amide bonds. The Balaban J connectivity index is 1.90. The molecule has 5 nitrogen and oxygen atoms in total. The molecule has 0 radical (unpaired) electrons. The fourth-order valence-electron chi connectivity index (χ4n) is 3.09. The van der Waals surface area contributed by atoms with E-state index in [9.17, 15) is 0 Å². The molecule has 0 aliphatic heterocycles. The summed E-state index contributed by atoms with van der Waals surface area (Å²) in [6, 6.07) is 16.3. The fourth-order valence-corrected chi connectivity index (χ4v) is 3.09. The van der Waals surface area contributed by atoms with Gasteiger partial charge in [0.1, 0.15) is 11.4 Å². The van der Waals surface area contributed by atoms with E-state index in [0.29, 0.717) is 0 Å². The van der Waals surface area contributed by atoms with Gasteiger partial charge < -0.3 is 9.30 Å². The number of aromatic amines is 1. The average Bonchev–Trinajstić information content (AvgIpc) is 3.28. The molecule has 2 aromatic carbocycles. The van der Waals surface area contributed by atoms with Crippen LogP contribution in [0, 0.1) is 0 Å². The molecule has 4 aromatic rings. The van der Waals surface area contributed by atoms with E-state index < -0.39 is 0 Å². The van der Waals surface area contributed by atoms with E-state index in [4.69, 9.17) is 4.74 Å². The highest BCUT2D eigenvalue weighted by Crippen LogP contribution is 2.34. The Morgan fingerprint density at radius 3 is 2.67 bits per heavy atom. The van der Waals surface area contributed by atoms with Gasteiger partial charge in [-0.25, -0.2) is 0 Å². The van der Waals surface area contributed by atoms with Crippen LogP contribution in [0.2, 0.25) is 0 Å². The summed E-state index contributed by atoms with van der Waals surface area (Å²) < 4.78 is 7.47. The summed E-state index contributed by atoms with van der Waals surface area (Å²) in [5.74, 6) is 0.828. The standard InChI is InChI=1S/C19H18N4O/c1-3-23-12-11-14-5-4-6-16(19(14)23)18-17(20-22-21-18)13-7-9-15(24-2)10-8-13/h4-12H,3H2,1-2H3,(H,20,21,22). The molecule has 4 rings (SSSR count). The smallest absolute Gasteiger partial charge is 0.122 e. The van der Waals surface area contributed by atoms with Gasteiger partial charge in [0.2, 0.25) is 0 Å². The van der Waals surface area contributed by atoms with Gasteiger partial charge in [-0.1, -0.05) is 23.4 Å². The van der Waals surface area contributed by atoms with Crippen LogP contribution in [0.15, 0.2) is 54.7 Å². The second kappa shape index (κ2) is 5.85. The van der Waals surface area contributed by atoms with Crippen LogP contribution in [0.5, 0.6) is 5.75 Å². The molecule has 0 spiro atoms. The van der Waals surface area contributed by atoms with Gasteiger partial charge in [-0.15, -0.1) is 5.10 Å². The molecular weight excluding hydrogens is 300 g/mol. The molecule has 0 unspecified atom stereocenters. The summed E-state index contributed by atoms with van der Waals surface area (Å²) in [4.78, 5) is 0. The first-order valence-electron chi connectivity index (χ1n) is 7.95. The van der Waals surface area contributed by atoms with Crippen LogP contribution in [0.3, 0.4) is 0 Å². The lowest BCUT2D eigenvalue weighted by molar-refractivity contribution is 0.415. The lowest BCUT2D eigenvalue weighted by Crippen LogP contribution is -1.94. The Kier molecular flexibility index (Phi) is 3.54. The first-order valence-corrected chi connectivity index (χ1v) is 7.95. The van der Waals surface area contributed by atoms with Crippen LogP contribution in [0.4, 0.5) is 0 Å². The van der Waals surface area contributed by atoms with Crippen LogP contribution in [-0.2, 0) is 6.54 Å². The molecular formula is C19H18N4O. The first-order chi connectivity index (χ1) is 11.8. The van der Waals surface area contributed by atoms with Crippen LogP contribution < -0.4 is 4.74 Å². The van der Waals surface area contributed by atoms with E-state index in [1.807, 2.05) is 24.3 Å². The van der Waals surface area contributed by atoms with Gasteiger partial charge in [-0.3, -0.25) is 5.10 Å². The fraction of sp³-hybridized carbons (Fsp3) is 0.158. The summed E-state index contributed by atoms with van der Waals surface area (Å²) >= 11 is 0. The summed E-state index contributed by atoms with van der Waals surface area (Å²) in [5, 5.41) is 12.7. The van der Waals surface area contributed by atoms with Gasteiger partial charge in [0.25, 0.3) is 0 Å². The van der Waals surface area contributed by atoms with Gasteiger partial charge in [-0.2, -0.15) is 0 Å². The molecule has 0 aliphatic carbocycles. The van der Waals surface area contributed by atoms with Crippen molar-refractivity contribution in [3.63, 3.8) is 0 Å². The molecule has 0 saturated carbocycles. The summed E-state index contributed by atoms with van der Waals surface area (Å²) in [6.45, 7) is 3.06. The molecule has 0 fully saturated rings. The number of aryl methyl sites for hydroxylation is 1. The van der Waals surface area contributed by atoms with Gasteiger partial charge in [0, 0.05) is 29.3 Å². The maximum Gasteiger partial charge on any atom is 0.122 e. The molecule has 0 bridgehead atoms. The van der Waals surface area contributed by atoms with E-state index in [0.717, 1.165) is 34.8 Å². The highest BCUT2D eigenvalue weighted by Gasteiger charge is 2.16. The molecule has 1 N–H and O–H groups in total. The molecule has 120 valence electrons. The Labute approximate surface area is 139 Å². The minimum atomic E-state index is 0.828. The number of nitrogens with zero attached hydrogens (tertiary/aromatic N) is 3. The van der Waals surface area contributed by atoms with Crippen molar-refractivity contribution >= 4 is 10.9 Å². The summed E-state index contributed by atoms with van der Waals surface area (Å²) in [6.07, 6.45) is 2.11. The van der Waals surface area contributed by atoms with Crippen molar-refractivity contribution in [1.29, 1.82) is 0 Å². The average molecular weight is 318 g/mol. The normalized spacial score (nSPS) is 11.1. The predicted octanol–water partition coefficient (Wildman–Crippen LogP) is 4.12. The number of para-hydroxylation sites is 1. The van der Waals surface area contributed by atoms with Crippen molar-refractivity contribution in [3.8, 4) is 28.3 Å². The zero-order valence-corrected chi connectivity index (χ0v) is 13.7. The molecule has 0 saturated heterocycles. The number of ether oxygens (including phenoxy) is 1. The SMILES string of the molecule is CCn1ccc2cccc(-c3nn[nH]c3-c3ccc(OC)cc3)c21. The second-order valence-electron chi connectivity index (χ2n) is 5.61. The molecule has 0 atom stereocenters. The number of methoxy groups -OCH3 is 1. The Morgan fingerprint density at radius 2 is 1.92 bits per heavy atom. The van der Waals surface area contributed by atoms with Crippen molar-refractivity contribution in [3.05, 3.63) is 54.7 Å². The minimum Gasteiger partial charge on any atom is -0.497 e. The van der Waals surface area contributed by atoms with Crippen LogP contribution in [0.1, 0.15) is 6.92 Å². The minimum absolute atomic E-state index is 0.828. The van der Waals surface area contributed by atoms with Crippen molar-refractivity contribution in [2.45, 2.75) is 13.5 Å². The van der Waals surface area contributed by atoms with Gasteiger partial charge in [-0.05, 0) is 37.3 Å².